The Bertz CT molecular complexity index is 142. The molecule has 1 amide bonds. The third-order valence-corrected chi connectivity index (χ3v) is 0.999. The summed E-state index contributed by atoms with van der Waals surface area (Å²) in [5.74, 6) is -0.879. The maximum absolute atomic E-state index is 10.5. The molecule has 0 rings (SSSR count). The number of carboxylic acid groups (broad SMARTS) is 1. The first kappa shape index (κ1) is 13.6. The molecule has 0 saturated carbocycles. The molecule has 0 bridgehead atoms. The van der Waals surface area contributed by atoms with Crippen molar-refractivity contribution in [2.45, 2.75) is 6.42 Å². The van der Waals surface area contributed by atoms with Crippen molar-refractivity contribution >= 4 is 24.5 Å². The maximum atomic E-state index is 10.5. The van der Waals surface area contributed by atoms with Gasteiger partial charge in [-0.3, -0.25) is 9.59 Å². The molecule has 0 fully saturated rings. The summed E-state index contributed by atoms with van der Waals surface area (Å²) in [4.78, 5) is 20.4. The number of hydrogen-bond acceptors (Lipinski definition) is 3. The van der Waals surface area contributed by atoms with Crippen LogP contribution >= 0.6 is 12.6 Å². The molecule has 0 aliphatic heterocycles. The van der Waals surface area contributed by atoms with Gasteiger partial charge in [-0.25, -0.2) is 0 Å². The van der Waals surface area contributed by atoms with Gasteiger partial charge in [0.25, 0.3) is 0 Å². The predicted molar refractivity (Wildman–Crippen MR) is 39.1 cm³/mol. The molecule has 1 radical (unpaired) electrons. The second-order valence-corrected chi connectivity index (χ2v) is 2.09. The molecule has 0 spiro atoms. The Kier molecular flexibility index (Phi) is 10.1. The van der Waals surface area contributed by atoms with E-state index in [0.29, 0.717) is 5.75 Å². The Labute approximate surface area is 85.7 Å². The van der Waals surface area contributed by atoms with Gasteiger partial charge in [-0.15, -0.1) is 0 Å². The molecule has 0 aliphatic carbocycles. The average molecular weight is 360 g/mol. The number of carboxylic acids is 1. The summed E-state index contributed by atoms with van der Waals surface area (Å²) in [6.45, 7) is -0.313. The van der Waals surface area contributed by atoms with Crippen molar-refractivity contribution < 1.29 is 37.1 Å². The van der Waals surface area contributed by atoms with E-state index in [1.807, 2.05) is 0 Å². The van der Waals surface area contributed by atoms with Gasteiger partial charge in [0.05, 0.1) is 0 Å². The van der Waals surface area contributed by atoms with Gasteiger partial charge in [-0.2, -0.15) is 12.6 Å². The van der Waals surface area contributed by atoms with E-state index in [0.717, 1.165) is 0 Å². The van der Waals surface area contributed by atoms with Crippen molar-refractivity contribution in [3.8, 4) is 0 Å². The van der Waals surface area contributed by atoms with Gasteiger partial charge in [-0.1, -0.05) is 0 Å². The zero-order chi connectivity index (χ0) is 7.98. The van der Waals surface area contributed by atoms with Gasteiger partial charge in [0.15, 0.2) is 0 Å². The summed E-state index contributed by atoms with van der Waals surface area (Å²) < 4.78 is 0. The minimum atomic E-state index is -1.03. The zero-order valence-electron chi connectivity index (χ0n) is 5.63. The van der Waals surface area contributed by atoms with Gasteiger partial charge in [0.2, 0.25) is 5.91 Å². The van der Waals surface area contributed by atoms with E-state index in [9.17, 15) is 9.59 Å². The van der Waals surface area contributed by atoms with E-state index >= 15 is 0 Å². The summed E-state index contributed by atoms with van der Waals surface area (Å²) in [6.07, 6.45) is 0.260. The van der Waals surface area contributed by atoms with Crippen LogP contribution in [0.2, 0.25) is 0 Å². The maximum Gasteiger partial charge on any atom is 0.322 e. The van der Waals surface area contributed by atoms with Crippen LogP contribution in [0.25, 0.3) is 0 Å². The molecule has 0 aliphatic rings. The van der Waals surface area contributed by atoms with E-state index in [1.165, 1.54) is 0 Å². The van der Waals surface area contributed by atoms with Gasteiger partial charge in [0, 0.05) is 28.8 Å². The Balaban J connectivity index is 0. The molecular weight excluding hydrogens is 351 g/mol. The summed E-state index contributed by atoms with van der Waals surface area (Å²) in [5, 5.41) is 10.3. The predicted octanol–water partition coefficient (Wildman–Crippen LogP) is -0.495. The van der Waals surface area contributed by atoms with Crippen LogP contribution in [0, 0.1) is 0 Å². The van der Waals surface area contributed by atoms with Crippen molar-refractivity contribution in [2.24, 2.45) is 0 Å². The first-order valence-electron chi connectivity index (χ1n) is 2.76. The van der Waals surface area contributed by atoms with E-state index in [4.69, 9.17) is 5.11 Å². The van der Waals surface area contributed by atoms with E-state index in [1.54, 1.807) is 0 Å². The van der Waals surface area contributed by atoms with Gasteiger partial charge < -0.3 is 10.4 Å². The largest absolute Gasteiger partial charge is 0.480 e. The fraction of sp³-hybridized carbons (Fsp3) is 0.600. The Morgan fingerprint density at radius 1 is 1.45 bits per heavy atom. The van der Waals surface area contributed by atoms with Crippen molar-refractivity contribution in [2.75, 3.05) is 12.3 Å². The van der Waals surface area contributed by atoms with Crippen molar-refractivity contribution in [1.82, 2.24) is 5.32 Å². The van der Waals surface area contributed by atoms with Crippen molar-refractivity contribution in [1.29, 1.82) is 0 Å². The third kappa shape index (κ3) is 10.0. The van der Waals surface area contributed by atoms with Crippen LogP contribution < -0.4 is 5.32 Å². The van der Waals surface area contributed by atoms with E-state index in [2.05, 4.69) is 17.9 Å². The molecule has 0 aromatic rings. The molecule has 69 valence electrons. The zero-order valence-corrected chi connectivity index (χ0v) is 8.69. The number of aliphatic carboxylic acids is 1. The van der Waals surface area contributed by atoms with Crippen molar-refractivity contribution in [3.63, 3.8) is 0 Å². The molecule has 0 atom stereocenters. The quantitative estimate of drug-likeness (QED) is 0.468. The van der Waals surface area contributed by atoms with Gasteiger partial charge in [0.1, 0.15) is 6.54 Å². The van der Waals surface area contributed by atoms with Crippen LogP contribution in [0.1, 0.15) is 6.42 Å². The standard InChI is InChI=1S/C5H9NO3S.Au/c7-4(1-2-10)6-3-5(8)9;/h10H,1-3H2,(H,6,7)(H,8,9);. The molecule has 6 heteroatoms. The molecule has 4 nitrogen and oxygen atoms in total. The summed E-state index contributed by atoms with van der Waals surface area (Å²) in [7, 11) is 0. The molecular formula is C5H9AuNO3S. The summed E-state index contributed by atoms with van der Waals surface area (Å²) >= 11 is 3.80. The fourth-order valence-corrected chi connectivity index (χ4v) is 0.567. The van der Waals surface area contributed by atoms with E-state index in [-0.39, 0.29) is 41.3 Å². The molecule has 0 aromatic heterocycles. The number of thiol groups is 1. The number of rotatable bonds is 4. The van der Waals surface area contributed by atoms with Crippen LogP contribution in [-0.2, 0) is 32.0 Å². The summed E-state index contributed by atoms with van der Waals surface area (Å²) in [5.41, 5.74) is 0. The van der Waals surface area contributed by atoms with Crippen LogP contribution in [-0.4, -0.2) is 29.3 Å². The molecule has 11 heavy (non-hydrogen) atoms. The summed E-state index contributed by atoms with van der Waals surface area (Å²) in [6, 6.07) is 0. The van der Waals surface area contributed by atoms with E-state index < -0.39 is 5.97 Å². The molecule has 0 aromatic carbocycles. The first-order chi connectivity index (χ1) is 4.66. The second kappa shape index (κ2) is 8.13. The number of hydrogen-bond donors (Lipinski definition) is 3. The smallest absolute Gasteiger partial charge is 0.322 e. The Morgan fingerprint density at radius 3 is 2.36 bits per heavy atom. The Morgan fingerprint density at radius 2 is 2.00 bits per heavy atom. The van der Waals surface area contributed by atoms with Gasteiger partial charge >= 0.3 is 5.97 Å². The minimum absolute atomic E-state index is 0. The second-order valence-electron chi connectivity index (χ2n) is 1.64. The molecule has 0 saturated heterocycles. The monoisotopic (exact) mass is 360 g/mol. The normalized spacial score (nSPS) is 8.09. The van der Waals surface area contributed by atoms with Gasteiger partial charge in [-0.05, 0) is 5.75 Å². The number of nitrogens with one attached hydrogen (secondary N) is 1. The SMILES string of the molecule is O=C(O)CNC(=O)CCS.[Au]. The van der Waals surface area contributed by atoms with Crippen molar-refractivity contribution in [3.05, 3.63) is 0 Å². The molecule has 2 N–H and O–H groups in total. The molecule has 0 unspecified atom stereocenters. The van der Waals surface area contributed by atoms with Crippen LogP contribution in [0.4, 0.5) is 0 Å². The number of carbonyl (C=O) groups excluding carboxylic acids is 1. The first-order valence-corrected chi connectivity index (χ1v) is 3.39. The Hall–Kier alpha value is 0.0303. The van der Waals surface area contributed by atoms with Crippen LogP contribution in [0.15, 0.2) is 0 Å². The topological polar surface area (TPSA) is 66.4 Å². The average Bonchev–Trinajstić information content (AvgIpc) is 1.85. The third-order valence-electron chi connectivity index (χ3n) is 0.776. The molecule has 0 heterocycles. The van der Waals surface area contributed by atoms with Crippen LogP contribution in [0.3, 0.4) is 0 Å². The minimum Gasteiger partial charge on any atom is -0.480 e. The fourth-order valence-electron chi connectivity index (χ4n) is 0.364. The van der Waals surface area contributed by atoms with Crippen LogP contribution in [0.5, 0.6) is 0 Å². The number of carbonyl (C=O) groups is 2. The number of amides is 1.